The number of hydrogen-bond acceptors (Lipinski definition) is 2. The van der Waals surface area contributed by atoms with E-state index in [2.05, 4.69) is 45.3 Å². The Balaban J connectivity index is 1.91. The maximum atomic E-state index is 6.08. The molecular formula is C17H27NO. The highest BCUT2D eigenvalue weighted by atomic mass is 16.5. The van der Waals surface area contributed by atoms with Gasteiger partial charge in [0, 0.05) is 6.04 Å². The molecule has 1 N–H and O–H groups in total. The van der Waals surface area contributed by atoms with Crippen LogP contribution in [0.4, 0.5) is 0 Å². The molecule has 19 heavy (non-hydrogen) atoms. The zero-order valence-electron chi connectivity index (χ0n) is 12.8. The molecule has 2 nitrogen and oxygen atoms in total. The van der Waals surface area contributed by atoms with E-state index in [0.29, 0.717) is 6.04 Å². The average Bonchev–Trinajstić information content (AvgIpc) is 2.85. The number of ether oxygens (including phenoxy) is 1. The number of nitrogens with one attached hydrogen (secondary N) is 1. The standard InChI is InChI=1S/C17H27NO/c1-12-8-9-13(2)17(14(12)3)19-11-10-15-6-5-7-16(15)18-4/h8-9,15-16,18H,5-7,10-11H2,1-4H3. The molecule has 0 heterocycles. The van der Waals surface area contributed by atoms with Crippen molar-refractivity contribution >= 4 is 0 Å². The van der Waals surface area contributed by atoms with Crippen molar-refractivity contribution in [1.29, 1.82) is 0 Å². The van der Waals surface area contributed by atoms with Crippen LogP contribution in [0.1, 0.15) is 42.4 Å². The first-order chi connectivity index (χ1) is 9.13. The molecule has 0 saturated heterocycles. The molecule has 2 unspecified atom stereocenters. The number of benzene rings is 1. The van der Waals surface area contributed by atoms with Crippen LogP contribution in [-0.4, -0.2) is 19.7 Å². The van der Waals surface area contributed by atoms with Crippen molar-refractivity contribution in [1.82, 2.24) is 5.32 Å². The molecule has 1 aliphatic rings. The highest BCUT2D eigenvalue weighted by Gasteiger charge is 2.25. The average molecular weight is 261 g/mol. The first kappa shape index (κ1) is 14.4. The predicted octanol–water partition coefficient (Wildman–Crippen LogP) is 3.77. The van der Waals surface area contributed by atoms with Crippen LogP contribution >= 0.6 is 0 Å². The maximum absolute atomic E-state index is 6.08. The van der Waals surface area contributed by atoms with Crippen molar-refractivity contribution in [2.75, 3.05) is 13.7 Å². The Morgan fingerprint density at radius 3 is 2.63 bits per heavy atom. The SMILES string of the molecule is CNC1CCCC1CCOc1c(C)ccc(C)c1C. The van der Waals surface area contributed by atoms with Gasteiger partial charge in [0.25, 0.3) is 0 Å². The van der Waals surface area contributed by atoms with E-state index in [4.69, 9.17) is 4.74 Å². The first-order valence-electron chi connectivity index (χ1n) is 7.50. The molecule has 0 spiro atoms. The predicted molar refractivity (Wildman–Crippen MR) is 81.0 cm³/mol. The van der Waals surface area contributed by atoms with Gasteiger partial charge in [-0.25, -0.2) is 0 Å². The van der Waals surface area contributed by atoms with E-state index < -0.39 is 0 Å². The van der Waals surface area contributed by atoms with Crippen molar-refractivity contribution in [2.24, 2.45) is 5.92 Å². The summed E-state index contributed by atoms with van der Waals surface area (Å²) in [6.45, 7) is 7.28. The van der Waals surface area contributed by atoms with Gasteiger partial charge < -0.3 is 10.1 Å². The van der Waals surface area contributed by atoms with E-state index in [0.717, 1.165) is 18.3 Å². The van der Waals surface area contributed by atoms with Gasteiger partial charge in [-0.1, -0.05) is 18.6 Å². The molecule has 0 radical (unpaired) electrons. The molecule has 106 valence electrons. The molecule has 2 atom stereocenters. The molecule has 1 aliphatic carbocycles. The second-order valence-corrected chi connectivity index (χ2v) is 5.88. The largest absolute Gasteiger partial charge is 0.493 e. The monoisotopic (exact) mass is 261 g/mol. The highest BCUT2D eigenvalue weighted by Crippen LogP contribution is 2.30. The summed E-state index contributed by atoms with van der Waals surface area (Å²) in [6, 6.07) is 5.03. The van der Waals surface area contributed by atoms with E-state index in [1.807, 2.05) is 0 Å². The van der Waals surface area contributed by atoms with Gasteiger partial charge in [0.15, 0.2) is 0 Å². The van der Waals surface area contributed by atoms with Gasteiger partial charge in [-0.15, -0.1) is 0 Å². The lowest BCUT2D eigenvalue weighted by Crippen LogP contribution is -2.29. The minimum absolute atomic E-state index is 0.698. The molecule has 0 aliphatic heterocycles. The summed E-state index contributed by atoms with van der Waals surface area (Å²) in [5, 5.41) is 3.44. The van der Waals surface area contributed by atoms with Gasteiger partial charge in [0.05, 0.1) is 6.61 Å². The smallest absolute Gasteiger partial charge is 0.125 e. The third-order valence-electron chi connectivity index (χ3n) is 4.64. The molecule has 2 heteroatoms. The van der Waals surface area contributed by atoms with E-state index in [1.54, 1.807) is 0 Å². The van der Waals surface area contributed by atoms with Gasteiger partial charge in [0.1, 0.15) is 5.75 Å². The van der Waals surface area contributed by atoms with E-state index in [-0.39, 0.29) is 0 Å². The van der Waals surface area contributed by atoms with Crippen LogP contribution < -0.4 is 10.1 Å². The Morgan fingerprint density at radius 1 is 1.16 bits per heavy atom. The fraction of sp³-hybridized carbons (Fsp3) is 0.647. The zero-order valence-corrected chi connectivity index (χ0v) is 12.8. The van der Waals surface area contributed by atoms with E-state index in [1.165, 1.54) is 42.4 Å². The van der Waals surface area contributed by atoms with Crippen LogP contribution in [0, 0.1) is 26.7 Å². The lowest BCUT2D eigenvalue weighted by molar-refractivity contribution is 0.261. The van der Waals surface area contributed by atoms with Gasteiger partial charge >= 0.3 is 0 Å². The minimum atomic E-state index is 0.698. The topological polar surface area (TPSA) is 21.3 Å². The van der Waals surface area contributed by atoms with Crippen molar-refractivity contribution in [3.8, 4) is 5.75 Å². The van der Waals surface area contributed by atoms with Gasteiger partial charge in [-0.05, 0) is 69.7 Å². The first-order valence-corrected chi connectivity index (χ1v) is 7.50. The van der Waals surface area contributed by atoms with Gasteiger partial charge in [-0.3, -0.25) is 0 Å². The molecular weight excluding hydrogens is 234 g/mol. The van der Waals surface area contributed by atoms with E-state index in [9.17, 15) is 0 Å². The molecule has 0 amide bonds. The van der Waals surface area contributed by atoms with Crippen LogP contribution in [0.3, 0.4) is 0 Å². The summed E-state index contributed by atoms with van der Waals surface area (Å²) in [7, 11) is 2.08. The Hall–Kier alpha value is -1.02. The van der Waals surface area contributed by atoms with Crippen molar-refractivity contribution < 1.29 is 4.74 Å². The molecule has 1 aromatic rings. The maximum Gasteiger partial charge on any atom is 0.125 e. The van der Waals surface area contributed by atoms with Crippen molar-refractivity contribution in [3.63, 3.8) is 0 Å². The Kier molecular flexibility index (Phi) is 4.87. The summed E-state index contributed by atoms with van der Waals surface area (Å²) in [5.74, 6) is 1.88. The zero-order chi connectivity index (χ0) is 13.8. The van der Waals surface area contributed by atoms with Crippen LogP contribution in [0.25, 0.3) is 0 Å². The Morgan fingerprint density at radius 2 is 1.89 bits per heavy atom. The molecule has 1 saturated carbocycles. The molecule has 2 rings (SSSR count). The number of rotatable bonds is 5. The fourth-order valence-electron chi connectivity index (χ4n) is 3.22. The number of hydrogen-bond donors (Lipinski definition) is 1. The second-order valence-electron chi connectivity index (χ2n) is 5.88. The van der Waals surface area contributed by atoms with Crippen LogP contribution in [0.2, 0.25) is 0 Å². The Labute approximate surface area is 117 Å². The van der Waals surface area contributed by atoms with Crippen molar-refractivity contribution in [3.05, 3.63) is 28.8 Å². The van der Waals surface area contributed by atoms with Gasteiger partial charge in [-0.2, -0.15) is 0 Å². The minimum Gasteiger partial charge on any atom is -0.493 e. The molecule has 0 aromatic heterocycles. The lowest BCUT2D eigenvalue weighted by atomic mass is 10.00. The Bertz CT molecular complexity index is 428. The summed E-state index contributed by atoms with van der Waals surface area (Å²) in [4.78, 5) is 0. The fourth-order valence-corrected chi connectivity index (χ4v) is 3.22. The third kappa shape index (κ3) is 3.30. The number of aryl methyl sites for hydroxylation is 2. The van der Waals surface area contributed by atoms with Crippen LogP contribution in [0.5, 0.6) is 5.75 Å². The molecule has 1 fully saturated rings. The summed E-state index contributed by atoms with van der Waals surface area (Å²) < 4.78 is 6.08. The highest BCUT2D eigenvalue weighted by molar-refractivity contribution is 5.44. The van der Waals surface area contributed by atoms with Crippen molar-refractivity contribution in [2.45, 2.75) is 52.5 Å². The molecule has 0 bridgehead atoms. The summed E-state index contributed by atoms with van der Waals surface area (Å²) >= 11 is 0. The third-order valence-corrected chi connectivity index (χ3v) is 4.64. The lowest BCUT2D eigenvalue weighted by Gasteiger charge is -2.20. The summed E-state index contributed by atoms with van der Waals surface area (Å²) in [5.41, 5.74) is 3.85. The quantitative estimate of drug-likeness (QED) is 0.871. The summed E-state index contributed by atoms with van der Waals surface area (Å²) in [6.07, 6.45) is 5.20. The van der Waals surface area contributed by atoms with Crippen LogP contribution in [0.15, 0.2) is 12.1 Å². The van der Waals surface area contributed by atoms with Crippen LogP contribution in [-0.2, 0) is 0 Å². The molecule has 1 aromatic carbocycles. The second kappa shape index (κ2) is 6.42. The van der Waals surface area contributed by atoms with Gasteiger partial charge in [0.2, 0.25) is 0 Å². The van der Waals surface area contributed by atoms with E-state index >= 15 is 0 Å². The normalized spacial score (nSPS) is 22.7.